The molecule has 0 aliphatic heterocycles. The molecule has 0 fully saturated rings. The minimum absolute atomic E-state index is 0.0257. The van der Waals surface area contributed by atoms with E-state index in [1.54, 1.807) is 7.11 Å². The van der Waals surface area contributed by atoms with Crippen molar-refractivity contribution < 1.29 is 4.74 Å². The lowest BCUT2D eigenvalue weighted by atomic mass is 9.88. The second-order valence-electron chi connectivity index (χ2n) is 5.41. The van der Waals surface area contributed by atoms with Gasteiger partial charge in [0, 0.05) is 13.2 Å². The Balaban J connectivity index is 3.99. The van der Waals surface area contributed by atoms with E-state index in [0.29, 0.717) is 6.04 Å². The standard InChI is InChI=1S/C14H31NO/c1-7-11-15-12(3)13(8-2)9-10-14(4,5)16-6/h12-13,15H,7-11H2,1-6H3. The fourth-order valence-corrected chi connectivity index (χ4v) is 1.98. The van der Waals surface area contributed by atoms with Gasteiger partial charge in [-0.3, -0.25) is 0 Å². The van der Waals surface area contributed by atoms with Crippen LogP contribution in [0.2, 0.25) is 0 Å². The monoisotopic (exact) mass is 229 g/mol. The average molecular weight is 229 g/mol. The predicted octanol–water partition coefficient (Wildman–Crippen LogP) is 3.61. The molecular formula is C14H31NO. The van der Waals surface area contributed by atoms with Crippen molar-refractivity contribution >= 4 is 0 Å². The first-order valence-electron chi connectivity index (χ1n) is 6.75. The largest absolute Gasteiger partial charge is 0.379 e. The third kappa shape index (κ3) is 6.49. The highest BCUT2D eigenvalue weighted by Crippen LogP contribution is 2.23. The Hall–Kier alpha value is -0.0800. The molecule has 98 valence electrons. The van der Waals surface area contributed by atoms with E-state index in [4.69, 9.17) is 4.74 Å². The van der Waals surface area contributed by atoms with Crippen LogP contribution in [0.4, 0.5) is 0 Å². The van der Waals surface area contributed by atoms with Crippen molar-refractivity contribution in [1.29, 1.82) is 0 Å². The normalized spacial score (nSPS) is 16.1. The zero-order valence-electron chi connectivity index (χ0n) is 12.1. The molecular weight excluding hydrogens is 198 g/mol. The molecule has 2 heteroatoms. The number of ether oxygens (including phenoxy) is 1. The third-order valence-electron chi connectivity index (χ3n) is 3.62. The average Bonchev–Trinajstić information content (AvgIpc) is 2.27. The second kappa shape index (κ2) is 8.08. The van der Waals surface area contributed by atoms with Crippen molar-refractivity contribution in [3.8, 4) is 0 Å². The number of methoxy groups -OCH3 is 1. The van der Waals surface area contributed by atoms with Crippen molar-refractivity contribution in [2.45, 2.75) is 71.9 Å². The SMILES string of the molecule is CCCNC(C)C(CC)CCC(C)(C)OC. The predicted molar refractivity (Wildman–Crippen MR) is 71.9 cm³/mol. The Labute approximate surface area is 102 Å². The fraction of sp³-hybridized carbons (Fsp3) is 1.00. The molecule has 0 heterocycles. The van der Waals surface area contributed by atoms with Crippen LogP contribution in [0.1, 0.15) is 60.3 Å². The number of hydrogen-bond donors (Lipinski definition) is 1. The first kappa shape index (κ1) is 15.9. The molecule has 0 saturated heterocycles. The van der Waals surface area contributed by atoms with Gasteiger partial charge in [0.2, 0.25) is 0 Å². The van der Waals surface area contributed by atoms with E-state index < -0.39 is 0 Å². The maximum atomic E-state index is 5.47. The molecule has 0 rings (SSSR count). The Morgan fingerprint density at radius 1 is 1.25 bits per heavy atom. The second-order valence-corrected chi connectivity index (χ2v) is 5.41. The van der Waals surface area contributed by atoms with Crippen LogP contribution in [0.25, 0.3) is 0 Å². The molecule has 2 nitrogen and oxygen atoms in total. The molecule has 0 aromatic heterocycles. The van der Waals surface area contributed by atoms with Gasteiger partial charge in [-0.05, 0) is 52.5 Å². The molecule has 0 aliphatic carbocycles. The molecule has 1 N–H and O–H groups in total. The van der Waals surface area contributed by atoms with Gasteiger partial charge in [0.15, 0.2) is 0 Å². The van der Waals surface area contributed by atoms with E-state index in [9.17, 15) is 0 Å². The molecule has 0 radical (unpaired) electrons. The molecule has 0 aliphatic rings. The molecule has 2 unspecified atom stereocenters. The summed E-state index contributed by atoms with van der Waals surface area (Å²) >= 11 is 0. The van der Waals surface area contributed by atoms with E-state index in [1.807, 2.05) is 0 Å². The smallest absolute Gasteiger partial charge is 0.0622 e. The van der Waals surface area contributed by atoms with Gasteiger partial charge in [-0.2, -0.15) is 0 Å². The summed E-state index contributed by atoms with van der Waals surface area (Å²) < 4.78 is 5.47. The van der Waals surface area contributed by atoms with Gasteiger partial charge < -0.3 is 10.1 Å². The Bertz CT molecular complexity index is 168. The summed E-state index contributed by atoms with van der Waals surface area (Å²) in [5.41, 5.74) is 0.0257. The van der Waals surface area contributed by atoms with Crippen LogP contribution >= 0.6 is 0 Å². The Kier molecular flexibility index (Phi) is 8.04. The minimum atomic E-state index is 0.0257. The molecule has 0 aromatic rings. The molecule has 0 saturated carbocycles. The minimum Gasteiger partial charge on any atom is -0.379 e. The van der Waals surface area contributed by atoms with E-state index in [2.05, 4.69) is 39.9 Å². The van der Waals surface area contributed by atoms with Crippen LogP contribution in [0, 0.1) is 5.92 Å². The van der Waals surface area contributed by atoms with Crippen LogP contribution in [0.3, 0.4) is 0 Å². The van der Waals surface area contributed by atoms with Gasteiger partial charge in [0.05, 0.1) is 5.60 Å². The molecule has 16 heavy (non-hydrogen) atoms. The summed E-state index contributed by atoms with van der Waals surface area (Å²) in [4.78, 5) is 0. The van der Waals surface area contributed by atoms with Crippen molar-refractivity contribution in [2.75, 3.05) is 13.7 Å². The summed E-state index contributed by atoms with van der Waals surface area (Å²) in [6.07, 6.45) is 4.84. The summed E-state index contributed by atoms with van der Waals surface area (Å²) in [5, 5.41) is 3.60. The van der Waals surface area contributed by atoms with Gasteiger partial charge >= 0.3 is 0 Å². The molecule has 0 aromatic carbocycles. The highest BCUT2D eigenvalue weighted by Gasteiger charge is 2.21. The summed E-state index contributed by atoms with van der Waals surface area (Å²) in [7, 11) is 1.81. The molecule has 0 amide bonds. The molecule has 2 atom stereocenters. The lowest BCUT2D eigenvalue weighted by molar-refractivity contribution is 0.00911. The highest BCUT2D eigenvalue weighted by atomic mass is 16.5. The van der Waals surface area contributed by atoms with Crippen LogP contribution in [-0.2, 0) is 4.74 Å². The van der Waals surface area contributed by atoms with E-state index >= 15 is 0 Å². The van der Waals surface area contributed by atoms with Crippen molar-refractivity contribution in [3.63, 3.8) is 0 Å². The quantitative estimate of drug-likeness (QED) is 0.652. The first-order valence-corrected chi connectivity index (χ1v) is 6.75. The van der Waals surface area contributed by atoms with Gasteiger partial charge in [0.1, 0.15) is 0 Å². The summed E-state index contributed by atoms with van der Waals surface area (Å²) in [6.45, 7) is 12.3. The van der Waals surface area contributed by atoms with E-state index in [-0.39, 0.29) is 5.60 Å². The number of hydrogen-bond acceptors (Lipinski definition) is 2. The Morgan fingerprint density at radius 2 is 1.88 bits per heavy atom. The maximum Gasteiger partial charge on any atom is 0.0622 e. The maximum absolute atomic E-state index is 5.47. The lowest BCUT2D eigenvalue weighted by Gasteiger charge is -2.29. The molecule has 0 bridgehead atoms. The van der Waals surface area contributed by atoms with Crippen molar-refractivity contribution in [3.05, 3.63) is 0 Å². The summed E-state index contributed by atoms with van der Waals surface area (Å²) in [5.74, 6) is 0.765. The zero-order valence-corrected chi connectivity index (χ0v) is 12.1. The summed E-state index contributed by atoms with van der Waals surface area (Å²) in [6, 6.07) is 0.623. The fourth-order valence-electron chi connectivity index (χ4n) is 1.98. The molecule has 0 spiro atoms. The van der Waals surface area contributed by atoms with Crippen molar-refractivity contribution in [1.82, 2.24) is 5.32 Å². The number of nitrogens with one attached hydrogen (secondary N) is 1. The third-order valence-corrected chi connectivity index (χ3v) is 3.62. The zero-order chi connectivity index (χ0) is 12.6. The van der Waals surface area contributed by atoms with Crippen molar-refractivity contribution in [2.24, 2.45) is 5.92 Å². The van der Waals surface area contributed by atoms with Gasteiger partial charge in [-0.15, -0.1) is 0 Å². The number of rotatable bonds is 9. The van der Waals surface area contributed by atoms with Crippen LogP contribution < -0.4 is 5.32 Å². The van der Waals surface area contributed by atoms with Crippen LogP contribution in [-0.4, -0.2) is 25.3 Å². The van der Waals surface area contributed by atoms with Crippen LogP contribution in [0.15, 0.2) is 0 Å². The highest BCUT2D eigenvalue weighted by molar-refractivity contribution is 4.76. The van der Waals surface area contributed by atoms with Gasteiger partial charge in [0.25, 0.3) is 0 Å². The van der Waals surface area contributed by atoms with E-state index in [0.717, 1.165) is 18.9 Å². The van der Waals surface area contributed by atoms with Gasteiger partial charge in [-0.1, -0.05) is 20.3 Å². The van der Waals surface area contributed by atoms with E-state index in [1.165, 1.54) is 19.3 Å². The first-order chi connectivity index (χ1) is 7.46. The van der Waals surface area contributed by atoms with Gasteiger partial charge in [-0.25, -0.2) is 0 Å². The Morgan fingerprint density at radius 3 is 2.31 bits per heavy atom. The lowest BCUT2D eigenvalue weighted by Crippen LogP contribution is -2.35. The topological polar surface area (TPSA) is 21.3 Å². The van der Waals surface area contributed by atoms with Crippen LogP contribution in [0.5, 0.6) is 0 Å².